The molecule has 1 atom stereocenters. The molecule has 110 valence electrons. The number of carbonyl (C=O) groups is 1. The maximum atomic E-state index is 12.0. The maximum absolute atomic E-state index is 12.0. The van der Waals surface area contributed by atoms with Crippen LogP contribution in [-0.4, -0.2) is 36.8 Å². The molecular formula is C15H20BrNO2S. The van der Waals surface area contributed by atoms with Crippen LogP contribution in [-0.2, 0) is 4.74 Å². The minimum Gasteiger partial charge on any atom is -0.465 e. The molecule has 0 N–H and O–H groups in total. The second-order valence-electron chi connectivity index (χ2n) is 4.84. The zero-order valence-electron chi connectivity index (χ0n) is 11.9. The monoisotopic (exact) mass is 358 g/mol. The Morgan fingerprint density at radius 1 is 1.55 bits per heavy atom. The number of esters is 1. The first kappa shape index (κ1) is 15.9. The molecule has 0 bridgehead atoms. The van der Waals surface area contributed by atoms with E-state index in [2.05, 4.69) is 27.8 Å². The van der Waals surface area contributed by atoms with Crippen molar-refractivity contribution >= 4 is 33.7 Å². The smallest absolute Gasteiger partial charge is 0.338 e. The molecule has 1 aliphatic rings. The van der Waals surface area contributed by atoms with Gasteiger partial charge < -0.3 is 4.74 Å². The Labute approximate surface area is 133 Å². The lowest BCUT2D eigenvalue weighted by molar-refractivity contribution is 0.0598. The molecule has 3 nitrogen and oxygen atoms in total. The second kappa shape index (κ2) is 7.48. The summed E-state index contributed by atoms with van der Waals surface area (Å²) in [4.78, 5) is 14.5. The van der Waals surface area contributed by atoms with Crippen molar-refractivity contribution in [1.29, 1.82) is 0 Å². The van der Waals surface area contributed by atoms with Crippen molar-refractivity contribution in [3.8, 4) is 0 Å². The van der Waals surface area contributed by atoms with Crippen LogP contribution in [0.3, 0.4) is 0 Å². The van der Waals surface area contributed by atoms with Gasteiger partial charge in [0.1, 0.15) is 0 Å². The highest BCUT2D eigenvalue weighted by molar-refractivity contribution is 9.10. The third-order valence-corrected chi connectivity index (χ3v) is 5.25. The van der Waals surface area contributed by atoms with Gasteiger partial charge in [-0.3, -0.25) is 4.90 Å². The standard InChI is InChI=1S/C15H20BrNO2S/c1-3-4-7-17-8-9-20-14(17)12-6-5-11(16)10-13(12)15(18)19-2/h5-6,10,14H,3-4,7-9H2,1-2H3/i2+1. The molecule has 1 aromatic carbocycles. The highest BCUT2D eigenvalue weighted by Crippen LogP contribution is 2.40. The topological polar surface area (TPSA) is 29.5 Å². The highest BCUT2D eigenvalue weighted by atomic mass is 79.9. The Morgan fingerprint density at radius 2 is 2.35 bits per heavy atom. The third kappa shape index (κ3) is 3.57. The van der Waals surface area contributed by atoms with Gasteiger partial charge in [0.15, 0.2) is 0 Å². The van der Waals surface area contributed by atoms with Crippen LogP contribution in [0.2, 0.25) is 0 Å². The van der Waals surface area contributed by atoms with Crippen LogP contribution in [0.4, 0.5) is 0 Å². The average Bonchev–Trinajstić information content (AvgIpc) is 2.92. The Hall–Kier alpha value is -0.520. The molecule has 1 aromatic rings. The van der Waals surface area contributed by atoms with E-state index in [-0.39, 0.29) is 11.3 Å². The number of benzene rings is 1. The van der Waals surface area contributed by atoms with Gasteiger partial charge in [0.05, 0.1) is 18.0 Å². The predicted molar refractivity (Wildman–Crippen MR) is 87.2 cm³/mol. The quantitative estimate of drug-likeness (QED) is 0.585. The number of thioether (sulfide) groups is 1. The molecule has 2 rings (SSSR count). The number of rotatable bonds is 5. The number of methoxy groups -OCH3 is 1. The van der Waals surface area contributed by atoms with E-state index in [0.29, 0.717) is 5.56 Å². The Bertz CT molecular complexity index is 481. The molecule has 1 saturated heterocycles. The van der Waals surface area contributed by atoms with Crippen molar-refractivity contribution in [2.24, 2.45) is 0 Å². The van der Waals surface area contributed by atoms with Gasteiger partial charge in [-0.2, -0.15) is 0 Å². The molecule has 0 spiro atoms. The lowest BCUT2D eigenvalue weighted by atomic mass is 10.1. The van der Waals surface area contributed by atoms with Crippen LogP contribution in [0, 0.1) is 0 Å². The van der Waals surface area contributed by atoms with Crippen molar-refractivity contribution in [2.75, 3.05) is 26.0 Å². The third-order valence-electron chi connectivity index (χ3n) is 3.47. The summed E-state index contributed by atoms with van der Waals surface area (Å²) in [5, 5.41) is 0.267. The van der Waals surface area contributed by atoms with Gasteiger partial charge in [0.2, 0.25) is 0 Å². The summed E-state index contributed by atoms with van der Waals surface area (Å²) in [6, 6.07) is 5.90. The van der Waals surface area contributed by atoms with E-state index in [1.54, 1.807) is 0 Å². The van der Waals surface area contributed by atoms with Crippen LogP contribution >= 0.6 is 27.7 Å². The number of carbonyl (C=O) groups excluding carboxylic acids is 1. The van der Waals surface area contributed by atoms with Gasteiger partial charge >= 0.3 is 5.97 Å². The average molecular weight is 359 g/mol. The molecule has 0 aliphatic carbocycles. The largest absolute Gasteiger partial charge is 0.465 e. The number of hydrogen-bond acceptors (Lipinski definition) is 4. The number of unbranched alkanes of at least 4 members (excludes halogenated alkanes) is 1. The predicted octanol–water partition coefficient (Wildman–Crippen LogP) is 4.08. The van der Waals surface area contributed by atoms with Crippen LogP contribution < -0.4 is 0 Å². The SMILES string of the molecule is CCCCN1CCSC1c1ccc(Br)cc1C(=O)O[13CH3]. The lowest BCUT2D eigenvalue weighted by Crippen LogP contribution is -2.25. The Morgan fingerprint density at radius 3 is 3.05 bits per heavy atom. The minimum absolute atomic E-state index is 0.260. The van der Waals surface area contributed by atoms with E-state index in [4.69, 9.17) is 4.74 Å². The minimum atomic E-state index is -0.260. The van der Waals surface area contributed by atoms with Crippen molar-refractivity contribution in [2.45, 2.75) is 25.1 Å². The van der Waals surface area contributed by atoms with E-state index in [1.807, 2.05) is 30.0 Å². The molecule has 5 heteroatoms. The molecule has 0 saturated carbocycles. The van der Waals surface area contributed by atoms with Crippen molar-refractivity contribution in [3.63, 3.8) is 0 Å². The summed E-state index contributed by atoms with van der Waals surface area (Å²) < 4.78 is 5.83. The van der Waals surface area contributed by atoms with Gasteiger partial charge in [0, 0.05) is 16.8 Å². The van der Waals surface area contributed by atoms with Gasteiger partial charge in [-0.15, -0.1) is 11.8 Å². The van der Waals surface area contributed by atoms with Gasteiger partial charge in [-0.1, -0.05) is 35.3 Å². The van der Waals surface area contributed by atoms with Crippen LogP contribution in [0.15, 0.2) is 22.7 Å². The zero-order valence-corrected chi connectivity index (χ0v) is 14.3. The van der Waals surface area contributed by atoms with Crippen LogP contribution in [0.25, 0.3) is 0 Å². The normalized spacial score (nSPS) is 19.2. The van der Waals surface area contributed by atoms with Gasteiger partial charge in [-0.05, 0) is 30.7 Å². The van der Waals surface area contributed by atoms with Crippen molar-refractivity contribution in [3.05, 3.63) is 33.8 Å². The van der Waals surface area contributed by atoms with Gasteiger partial charge in [0.25, 0.3) is 0 Å². The second-order valence-corrected chi connectivity index (χ2v) is 6.94. The first-order valence-electron chi connectivity index (χ1n) is 6.90. The molecule has 0 radical (unpaired) electrons. The van der Waals surface area contributed by atoms with Crippen LogP contribution in [0.1, 0.15) is 41.1 Å². The van der Waals surface area contributed by atoms with E-state index in [9.17, 15) is 4.79 Å². The number of ether oxygens (including phenoxy) is 1. The summed E-state index contributed by atoms with van der Waals surface area (Å²) >= 11 is 5.34. The first-order chi connectivity index (χ1) is 9.67. The van der Waals surface area contributed by atoms with E-state index in [0.717, 1.165) is 28.9 Å². The van der Waals surface area contributed by atoms with E-state index in [1.165, 1.54) is 20.0 Å². The molecule has 1 aliphatic heterocycles. The molecule has 0 amide bonds. The van der Waals surface area contributed by atoms with Crippen molar-refractivity contribution in [1.82, 2.24) is 4.90 Å². The molecule has 20 heavy (non-hydrogen) atoms. The molecule has 0 aromatic heterocycles. The first-order valence-corrected chi connectivity index (χ1v) is 8.75. The Balaban J connectivity index is 2.28. The molecule has 1 unspecified atom stereocenters. The molecule has 1 fully saturated rings. The van der Waals surface area contributed by atoms with Crippen LogP contribution in [0.5, 0.6) is 0 Å². The van der Waals surface area contributed by atoms with E-state index >= 15 is 0 Å². The zero-order chi connectivity index (χ0) is 14.5. The van der Waals surface area contributed by atoms with Gasteiger partial charge in [-0.25, -0.2) is 4.79 Å². The highest BCUT2D eigenvalue weighted by Gasteiger charge is 2.29. The fourth-order valence-corrected chi connectivity index (χ4v) is 4.14. The summed E-state index contributed by atoms with van der Waals surface area (Å²) in [5.74, 6) is 0.856. The molecule has 1 heterocycles. The summed E-state index contributed by atoms with van der Waals surface area (Å²) in [7, 11) is 1.43. The summed E-state index contributed by atoms with van der Waals surface area (Å²) in [6.07, 6.45) is 2.39. The maximum Gasteiger partial charge on any atom is 0.338 e. The number of hydrogen-bond donors (Lipinski definition) is 0. The fraction of sp³-hybridized carbons (Fsp3) is 0.533. The van der Waals surface area contributed by atoms with Crippen molar-refractivity contribution < 1.29 is 9.53 Å². The summed E-state index contributed by atoms with van der Waals surface area (Å²) in [6.45, 7) is 4.38. The lowest BCUT2D eigenvalue weighted by Gasteiger charge is -2.25. The number of halogens is 1. The fourth-order valence-electron chi connectivity index (χ4n) is 2.41. The van der Waals surface area contributed by atoms with E-state index < -0.39 is 0 Å². The molecular weight excluding hydrogens is 339 g/mol. The number of nitrogens with zero attached hydrogens (tertiary/aromatic N) is 1. The summed E-state index contributed by atoms with van der Waals surface area (Å²) in [5.41, 5.74) is 1.74. The Kier molecular flexibility index (Phi) is 5.93.